The third-order valence-corrected chi connectivity index (χ3v) is 4.27. The Balaban J connectivity index is 1.88. The van der Waals surface area contributed by atoms with Crippen molar-refractivity contribution in [3.63, 3.8) is 0 Å². The Labute approximate surface area is 143 Å². The van der Waals surface area contributed by atoms with E-state index in [1.807, 2.05) is 42.5 Å². The minimum atomic E-state index is -0.898. The number of hydrogen-bond donors (Lipinski definition) is 2. The van der Waals surface area contributed by atoms with E-state index < -0.39 is 5.97 Å². The average molecular weight is 370 g/mol. The van der Waals surface area contributed by atoms with Crippen molar-refractivity contribution in [2.75, 3.05) is 0 Å². The quantitative estimate of drug-likeness (QED) is 0.669. The summed E-state index contributed by atoms with van der Waals surface area (Å²) < 4.78 is 0.965. The highest BCUT2D eigenvalue weighted by atomic mass is 79.9. The molecule has 0 aliphatic carbocycles. The van der Waals surface area contributed by atoms with Crippen LogP contribution in [-0.4, -0.2) is 16.1 Å². The Bertz CT molecular complexity index is 824. The fourth-order valence-electron chi connectivity index (χ4n) is 2.61. The Morgan fingerprint density at radius 2 is 1.78 bits per heavy atom. The molecule has 0 atom stereocenters. The van der Waals surface area contributed by atoms with Crippen LogP contribution < -0.4 is 0 Å². The van der Waals surface area contributed by atoms with Crippen molar-refractivity contribution in [1.82, 2.24) is 4.98 Å². The Morgan fingerprint density at radius 1 is 1.00 bits per heavy atom. The first kappa shape index (κ1) is 15.6. The summed E-state index contributed by atoms with van der Waals surface area (Å²) in [6, 6.07) is 19.6. The standard InChI is InChI=1S/C19H16BrNO2/c20-15-8-4-7-14(11-15)18-12-16(19(22)23)17(21-18)10-9-13-5-2-1-3-6-13/h1-8,11-12,21H,9-10H2,(H,22,23). The zero-order chi connectivity index (χ0) is 16.2. The zero-order valence-corrected chi connectivity index (χ0v) is 14.0. The van der Waals surface area contributed by atoms with Gasteiger partial charge in [0.1, 0.15) is 0 Å². The summed E-state index contributed by atoms with van der Waals surface area (Å²) in [6.07, 6.45) is 1.47. The number of aromatic carboxylic acids is 1. The molecule has 0 spiro atoms. The Morgan fingerprint density at radius 3 is 2.48 bits per heavy atom. The summed E-state index contributed by atoms with van der Waals surface area (Å²) in [5, 5.41) is 9.45. The highest BCUT2D eigenvalue weighted by molar-refractivity contribution is 9.10. The van der Waals surface area contributed by atoms with E-state index in [0.717, 1.165) is 27.8 Å². The molecule has 0 fully saturated rings. The monoisotopic (exact) mass is 369 g/mol. The fraction of sp³-hybridized carbons (Fsp3) is 0.105. The summed E-state index contributed by atoms with van der Waals surface area (Å²) >= 11 is 3.44. The number of H-pyrrole nitrogens is 1. The summed E-state index contributed by atoms with van der Waals surface area (Å²) in [4.78, 5) is 14.8. The molecule has 0 aliphatic heterocycles. The van der Waals surface area contributed by atoms with Gasteiger partial charge in [0.05, 0.1) is 5.56 Å². The van der Waals surface area contributed by atoms with Crippen LogP contribution in [0.15, 0.2) is 65.1 Å². The van der Waals surface area contributed by atoms with E-state index >= 15 is 0 Å². The number of benzene rings is 2. The molecule has 3 aromatic rings. The summed E-state index contributed by atoms with van der Waals surface area (Å²) in [5.74, 6) is -0.898. The third kappa shape index (κ3) is 3.71. The Kier molecular flexibility index (Phi) is 4.63. The van der Waals surface area contributed by atoms with Crippen LogP contribution in [0.3, 0.4) is 0 Å². The van der Waals surface area contributed by atoms with Gasteiger partial charge in [0.2, 0.25) is 0 Å². The van der Waals surface area contributed by atoms with Gasteiger partial charge < -0.3 is 10.1 Å². The number of aryl methyl sites for hydroxylation is 2. The molecule has 0 radical (unpaired) electrons. The lowest BCUT2D eigenvalue weighted by Crippen LogP contribution is -2.01. The van der Waals surface area contributed by atoms with Crippen molar-refractivity contribution >= 4 is 21.9 Å². The van der Waals surface area contributed by atoms with Crippen LogP contribution in [0.5, 0.6) is 0 Å². The molecular formula is C19H16BrNO2. The maximum Gasteiger partial charge on any atom is 0.337 e. The maximum absolute atomic E-state index is 11.5. The number of carboxylic acids is 1. The summed E-state index contributed by atoms with van der Waals surface area (Å²) in [5.41, 5.74) is 4.09. The largest absolute Gasteiger partial charge is 0.478 e. The van der Waals surface area contributed by atoms with Gasteiger partial charge in [-0.2, -0.15) is 0 Å². The first-order chi connectivity index (χ1) is 11.1. The second kappa shape index (κ2) is 6.84. The second-order valence-electron chi connectivity index (χ2n) is 5.38. The van der Waals surface area contributed by atoms with E-state index in [4.69, 9.17) is 0 Å². The van der Waals surface area contributed by atoms with E-state index in [9.17, 15) is 9.90 Å². The molecular weight excluding hydrogens is 354 g/mol. The van der Waals surface area contributed by atoms with Gasteiger partial charge in [0.25, 0.3) is 0 Å². The van der Waals surface area contributed by atoms with Gasteiger partial charge in [-0.1, -0.05) is 58.4 Å². The zero-order valence-electron chi connectivity index (χ0n) is 12.4. The van der Waals surface area contributed by atoms with Crippen molar-refractivity contribution in [2.24, 2.45) is 0 Å². The smallest absolute Gasteiger partial charge is 0.337 e. The molecule has 2 aromatic carbocycles. The average Bonchev–Trinajstić information content (AvgIpc) is 2.98. The van der Waals surface area contributed by atoms with Crippen LogP contribution in [-0.2, 0) is 12.8 Å². The highest BCUT2D eigenvalue weighted by Gasteiger charge is 2.15. The van der Waals surface area contributed by atoms with Gasteiger partial charge in [0.15, 0.2) is 0 Å². The number of carbonyl (C=O) groups is 1. The lowest BCUT2D eigenvalue weighted by atomic mass is 10.1. The molecule has 0 aliphatic rings. The van der Waals surface area contributed by atoms with E-state index in [1.165, 1.54) is 5.56 Å². The summed E-state index contributed by atoms with van der Waals surface area (Å²) in [7, 11) is 0. The topological polar surface area (TPSA) is 53.1 Å². The van der Waals surface area contributed by atoms with Crippen molar-refractivity contribution in [3.05, 3.63) is 82.0 Å². The van der Waals surface area contributed by atoms with Crippen LogP contribution in [0.1, 0.15) is 21.6 Å². The first-order valence-electron chi connectivity index (χ1n) is 7.38. The van der Waals surface area contributed by atoms with Crippen LogP contribution >= 0.6 is 15.9 Å². The van der Waals surface area contributed by atoms with E-state index in [1.54, 1.807) is 6.07 Å². The third-order valence-electron chi connectivity index (χ3n) is 3.77. The van der Waals surface area contributed by atoms with E-state index in [2.05, 4.69) is 33.0 Å². The number of hydrogen-bond acceptors (Lipinski definition) is 1. The minimum Gasteiger partial charge on any atom is -0.478 e. The van der Waals surface area contributed by atoms with Gasteiger partial charge in [-0.3, -0.25) is 0 Å². The number of nitrogens with one attached hydrogen (secondary N) is 1. The number of aromatic nitrogens is 1. The van der Waals surface area contributed by atoms with E-state index in [0.29, 0.717) is 12.0 Å². The molecule has 116 valence electrons. The molecule has 1 aromatic heterocycles. The molecule has 3 rings (SSSR count). The van der Waals surface area contributed by atoms with Crippen molar-refractivity contribution in [3.8, 4) is 11.3 Å². The Hall–Kier alpha value is -2.33. The van der Waals surface area contributed by atoms with Crippen molar-refractivity contribution < 1.29 is 9.90 Å². The summed E-state index contributed by atoms with van der Waals surface area (Å²) in [6.45, 7) is 0. The van der Waals surface area contributed by atoms with Crippen molar-refractivity contribution in [2.45, 2.75) is 12.8 Å². The van der Waals surface area contributed by atoms with E-state index in [-0.39, 0.29) is 0 Å². The van der Waals surface area contributed by atoms with Gasteiger partial charge in [-0.25, -0.2) is 4.79 Å². The van der Waals surface area contributed by atoms with Crippen LogP contribution in [0, 0.1) is 0 Å². The molecule has 2 N–H and O–H groups in total. The number of halogens is 1. The molecule has 0 saturated heterocycles. The molecule has 4 heteroatoms. The molecule has 0 unspecified atom stereocenters. The van der Waals surface area contributed by atoms with Crippen molar-refractivity contribution in [1.29, 1.82) is 0 Å². The lowest BCUT2D eigenvalue weighted by Gasteiger charge is -2.02. The molecule has 1 heterocycles. The lowest BCUT2D eigenvalue weighted by molar-refractivity contribution is 0.0696. The maximum atomic E-state index is 11.5. The van der Waals surface area contributed by atoms with Crippen LogP contribution in [0.2, 0.25) is 0 Å². The highest BCUT2D eigenvalue weighted by Crippen LogP contribution is 2.25. The molecule has 0 saturated carbocycles. The van der Waals surface area contributed by atoms with Crippen LogP contribution in [0.4, 0.5) is 0 Å². The number of rotatable bonds is 5. The van der Waals surface area contributed by atoms with Gasteiger partial charge in [-0.05, 0) is 42.2 Å². The second-order valence-corrected chi connectivity index (χ2v) is 6.29. The molecule has 0 bridgehead atoms. The number of carboxylic acid groups (broad SMARTS) is 1. The van der Waals surface area contributed by atoms with Gasteiger partial charge in [0, 0.05) is 15.9 Å². The predicted octanol–water partition coefficient (Wildman–Crippen LogP) is 4.93. The minimum absolute atomic E-state index is 0.343. The van der Waals surface area contributed by atoms with Gasteiger partial charge >= 0.3 is 5.97 Å². The predicted molar refractivity (Wildman–Crippen MR) is 94.7 cm³/mol. The fourth-order valence-corrected chi connectivity index (χ4v) is 3.01. The first-order valence-corrected chi connectivity index (χ1v) is 8.18. The molecule has 3 nitrogen and oxygen atoms in total. The van der Waals surface area contributed by atoms with Crippen LogP contribution in [0.25, 0.3) is 11.3 Å². The normalized spacial score (nSPS) is 10.7. The number of aromatic amines is 1. The molecule has 23 heavy (non-hydrogen) atoms. The molecule has 0 amide bonds. The van der Waals surface area contributed by atoms with Gasteiger partial charge in [-0.15, -0.1) is 0 Å². The SMILES string of the molecule is O=C(O)c1cc(-c2cccc(Br)c2)[nH]c1CCc1ccccc1.